The van der Waals surface area contributed by atoms with Crippen LogP contribution in [-0.2, 0) is 10.0 Å². The molecule has 0 saturated heterocycles. The van der Waals surface area contributed by atoms with Gasteiger partial charge in [0, 0.05) is 35.4 Å². The molecule has 150 valence electrons. The van der Waals surface area contributed by atoms with Crippen molar-refractivity contribution in [3.05, 3.63) is 82.6 Å². The Bertz CT molecular complexity index is 1450. The van der Waals surface area contributed by atoms with E-state index in [1.54, 1.807) is 24.5 Å². The maximum absolute atomic E-state index is 11.6. The van der Waals surface area contributed by atoms with Crippen molar-refractivity contribution in [2.24, 2.45) is 5.14 Å². The highest BCUT2D eigenvalue weighted by Gasteiger charge is 2.17. The zero-order valence-corrected chi connectivity index (χ0v) is 17.8. The van der Waals surface area contributed by atoms with Gasteiger partial charge >= 0.3 is 0 Å². The first kappa shape index (κ1) is 20.1. The molecule has 30 heavy (non-hydrogen) atoms. The number of nitrogens with two attached hydrogens (primary N) is 1. The van der Waals surface area contributed by atoms with Gasteiger partial charge in [0.15, 0.2) is 5.69 Å². The van der Waals surface area contributed by atoms with Gasteiger partial charge in [-0.25, -0.2) is 18.4 Å². The molecule has 0 amide bonds. The van der Waals surface area contributed by atoms with Crippen LogP contribution in [0.4, 0.5) is 5.69 Å². The molecule has 4 rings (SSSR count). The van der Waals surface area contributed by atoms with Crippen molar-refractivity contribution < 1.29 is 8.42 Å². The minimum absolute atomic E-state index is 0.0420. The van der Waals surface area contributed by atoms with Crippen molar-refractivity contribution in [2.45, 2.75) is 18.7 Å². The van der Waals surface area contributed by atoms with Crippen molar-refractivity contribution in [1.82, 2.24) is 9.55 Å². The summed E-state index contributed by atoms with van der Waals surface area (Å²) in [7, 11) is -3.78. The molecule has 8 heteroatoms. The first-order valence-electron chi connectivity index (χ1n) is 8.97. The van der Waals surface area contributed by atoms with E-state index >= 15 is 0 Å². The van der Waals surface area contributed by atoms with Crippen LogP contribution in [0.2, 0.25) is 5.02 Å². The first-order valence-corrected chi connectivity index (χ1v) is 10.9. The second kappa shape index (κ2) is 7.26. The number of pyridine rings is 1. The summed E-state index contributed by atoms with van der Waals surface area (Å²) in [5, 5.41) is 6.67. The minimum Gasteiger partial charge on any atom is -0.316 e. The number of primary sulfonamides is 1. The molecular weight excluding hydrogens is 420 g/mol. The van der Waals surface area contributed by atoms with E-state index in [0.29, 0.717) is 10.7 Å². The van der Waals surface area contributed by atoms with Crippen LogP contribution in [0.5, 0.6) is 0 Å². The van der Waals surface area contributed by atoms with Crippen LogP contribution < -0.4 is 5.14 Å². The highest BCUT2D eigenvalue weighted by atomic mass is 35.5. The molecule has 0 radical (unpaired) electrons. The number of sulfonamides is 1. The lowest BCUT2D eigenvalue weighted by Crippen LogP contribution is -2.11. The van der Waals surface area contributed by atoms with Gasteiger partial charge in [-0.1, -0.05) is 11.6 Å². The predicted octanol–water partition coefficient (Wildman–Crippen LogP) is 5.16. The normalized spacial score (nSPS) is 11.6. The SMILES string of the molecule is [C-]#[N+]c1cc2c(-c3cncc(C)c3Cl)cn(-c3ccc(S(N)(=O)=O)cc3)c2cc1C. The maximum Gasteiger partial charge on any atom is 0.238 e. The molecule has 0 aliphatic carbocycles. The Labute approximate surface area is 179 Å². The summed E-state index contributed by atoms with van der Waals surface area (Å²) in [5.41, 5.74) is 5.49. The van der Waals surface area contributed by atoms with E-state index in [4.69, 9.17) is 23.3 Å². The molecule has 2 heterocycles. The van der Waals surface area contributed by atoms with E-state index < -0.39 is 10.0 Å². The monoisotopic (exact) mass is 436 g/mol. The third-order valence-corrected chi connectivity index (χ3v) is 6.46. The predicted molar refractivity (Wildman–Crippen MR) is 119 cm³/mol. The topological polar surface area (TPSA) is 82.3 Å². The standard InChI is InChI=1S/C22H17ClN4O2S/c1-13-8-21-17(9-20(13)25-3)19(18-11-26-10-14(2)22(18)23)12-27(21)15-4-6-16(7-5-15)30(24,28)29/h4-12H,1-2H3,(H2,24,28,29). The lowest BCUT2D eigenvalue weighted by atomic mass is 10.0. The van der Waals surface area contributed by atoms with Crippen molar-refractivity contribution in [2.75, 3.05) is 0 Å². The van der Waals surface area contributed by atoms with Crippen LogP contribution in [0.25, 0.3) is 32.6 Å². The lowest BCUT2D eigenvalue weighted by molar-refractivity contribution is 0.598. The van der Waals surface area contributed by atoms with Crippen molar-refractivity contribution in [1.29, 1.82) is 0 Å². The minimum atomic E-state index is -3.78. The molecule has 0 aliphatic heterocycles. The molecule has 2 N–H and O–H groups in total. The van der Waals surface area contributed by atoms with Crippen LogP contribution >= 0.6 is 11.6 Å². The summed E-state index contributed by atoms with van der Waals surface area (Å²) >= 11 is 6.57. The fraction of sp³-hybridized carbons (Fsp3) is 0.0909. The fourth-order valence-electron chi connectivity index (χ4n) is 3.45. The Hall–Kier alpha value is -3.18. The number of rotatable bonds is 3. The molecule has 0 aliphatic rings. The van der Waals surface area contributed by atoms with Gasteiger partial charge < -0.3 is 4.57 Å². The van der Waals surface area contributed by atoms with Crippen molar-refractivity contribution in [3.8, 4) is 16.8 Å². The molecule has 0 atom stereocenters. The van der Waals surface area contributed by atoms with Crippen LogP contribution in [0, 0.1) is 20.4 Å². The number of hydrogen-bond acceptors (Lipinski definition) is 3. The Morgan fingerprint density at radius 3 is 2.40 bits per heavy atom. The van der Waals surface area contributed by atoms with Gasteiger partial charge in [-0.05, 0) is 66.8 Å². The molecule has 0 bridgehead atoms. The molecule has 0 fully saturated rings. The van der Waals surface area contributed by atoms with E-state index in [9.17, 15) is 8.42 Å². The molecule has 0 spiro atoms. The Morgan fingerprint density at radius 2 is 1.77 bits per heavy atom. The summed E-state index contributed by atoms with van der Waals surface area (Å²) < 4.78 is 25.1. The molecule has 0 unspecified atom stereocenters. The lowest BCUT2D eigenvalue weighted by Gasteiger charge is -2.07. The van der Waals surface area contributed by atoms with E-state index in [1.807, 2.05) is 36.7 Å². The van der Waals surface area contributed by atoms with E-state index in [-0.39, 0.29) is 4.90 Å². The van der Waals surface area contributed by atoms with Gasteiger partial charge in [-0.3, -0.25) is 4.98 Å². The average Bonchev–Trinajstić information content (AvgIpc) is 3.07. The summed E-state index contributed by atoms with van der Waals surface area (Å²) in [6.45, 7) is 11.2. The third kappa shape index (κ3) is 3.35. The number of fused-ring (bicyclic) bond motifs is 1. The largest absolute Gasteiger partial charge is 0.316 e. The second-order valence-electron chi connectivity index (χ2n) is 7.04. The highest BCUT2D eigenvalue weighted by Crippen LogP contribution is 2.39. The van der Waals surface area contributed by atoms with Gasteiger partial charge in [0.25, 0.3) is 0 Å². The van der Waals surface area contributed by atoms with Gasteiger partial charge in [0.2, 0.25) is 10.0 Å². The number of aryl methyl sites for hydroxylation is 2. The second-order valence-corrected chi connectivity index (χ2v) is 8.98. The Kier molecular flexibility index (Phi) is 4.86. The van der Waals surface area contributed by atoms with Crippen molar-refractivity contribution in [3.63, 3.8) is 0 Å². The molecule has 0 saturated carbocycles. The molecule has 2 aromatic carbocycles. The zero-order chi connectivity index (χ0) is 21.6. The zero-order valence-electron chi connectivity index (χ0n) is 16.2. The number of hydrogen-bond donors (Lipinski definition) is 1. The Morgan fingerprint density at radius 1 is 1.07 bits per heavy atom. The van der Waals surface area contributed by atoms with Crippen LogP contribution in [0.15, 0.2) is 59.9 Å². The van der Waals surface area contributed by atoms with E-state index in [1.165, 1.54) is 12.1 Å². The number of halogens is 1. The van der Waals surface area contributed by atoms with Gasteiger partial charge in [-0.2, -0.15) is 0 Å². The highest BCUT2D eigenvalue weighted by molar-refractivity contribution is 7.89. The van der Waals surface area contributed by atoms with Crippen LogP contribution in [0.3, 0.4) is 0 Å². The smallest absolute Gasteiger partial charge is 0.238 e. The summed E-state index contributed by atoms with van der Waals surface area (Å²) in [4.78, 5) is 7.94. The maximum atomic E-state index is 11.6. The Balaban J connectivity index is 2.03. The fourth-order valence-corrected chi connectivity index (χ4v) is 4.16. The van der Waals surface area contributed by atoms with Gasteiger partial charge in [0.05, 0.1) is 22.0 Å². The molecular formula is C22H17ClN4O2S. The van der Waals surface area contributed by atoms with Crippen LogP contribution in [0.1, 0.15) is 11.1 Å². The van der Waals surface area contributed by atoms with Gasteiger partial charge in [0.1, 0.15) is 0 Å². The average molecular weight is 437 g/mol. The number of nitrogens with zero attached hydrogens (tertiary/aromatic N) is 3. The van der Waals surface area contributed by atoms with Gasteiger partial charge in [-0.15, -0.1) is 0 Å². The summed E-state index contributed by atoms with van der Waals surface area (Å²) in [6, 6.07) is 10.1. The van der Waals surface area contributed by atoms with Crippen molar-refractivity contribution >= 4 is 38.2 Å². The first-order chi connectivity index (χ1) is 14.2. The summed E-state index contributed by atoms with van der Waals surface area (Å²) in [5.74, 6) is 0. The molecule has 6 nitrogen and oxygen atoms in total. The van der Waals surface area contributed by atoms with Crippen LogP contribution in [-0.4, -0.2) is 18.0 Å². The third-order valence-electron chi connectivity index (χ3n) is 5.03. The number of benzene rings is 2. The van der Waals surface area contributed by atoms with E-state index in [0.717, 1.165) is 38.8 Å². The quantitative estimate of drug-likeness (QED) is 0.450. The van der Waals surface area contributed by atoms with E-state index in [2.05, 4.69) is 9.83 Å². The molecule has 2 aromatic heterocycles. The number of aromatic nitrogens is 2. The molecule has 4 aromatic rings. The summed E-state index contributed by atoms with van der Waals surface area (Å²) in [6.07, 6.45) is 5.33.